The molecule has 0 radical (unpaired) electrons. The summed E-state index contributed by atoms with van der Waals surface area (Å²) < 4.78 is 34.9. The van der Waals surface area contributed by atoms with Crippen molar-refractivity contribution in [1.82, 2.24) is 14.9 Å². The Labute approximate surface area is 149 Å². The lowest BCUT2D eigenvalue weighted by Crippen LogP contribution is -2.37. The fraction of sp³-hybridized carbons (Fsp3) is 0.765. The summed E-state index contributed by atoms with van der Waals surface area (Å²) in [5, 5.41) is -0.0323. The molecule has 8 heteroatoms. The maximum atomic E-state index is 11.4. The van der Waals surface area contributed by atoms with Crippen LogP contribution in [0.5, 0.6) is 5.88 Å². The second kappa shape index (κ2) is 7.97. The van der Waals surface area contributed by atoms with Crippen molar-refractivity contribution in [1.29, 1.82) is 0 Å². The molecule has 1 aromatic rings. The third-order valence-corrected chi connectivity index (χ3v) is 5.91. The van der Waals surface area contributed by atoms with Gasteiger partial charge in [-0.05, 0) is 45.6 Å². The highest BCUT2D eigenvalue weighted by Crippen LogP contribution is 2.27. The maximum Gasteiger partial charge on any atom is 0.232 e. The minimum Gasteiger partial charge on any atom is -0.473 e. The third kappa shape index (κ3) is 5.36. The van der Waals surface area contributed by atoms with E-state index in [0.29, 0.717) is 18.1 Å². The minimum atomic E-state index is -3.33. The summed E-state index contributed by atoms with van der Waals surface area (Å²) in [5.74, 6) is 0.382. The van der Waals surface area contributed by atoms with Crippen molar-refractivity contribution in [2.24, 2.45) is 0 Å². The van der Waals surface area contributed by atoms with Crippen LogP contribution in [0, 0.1) is 0 Å². The van der Waals surface area contributed by atoms with Crippen molar-refractivity contribution < 1.29 is 17.9 Å². The second-order valence-electron chi connectivity index (χ2n) is 7.12. The molecule has 25 heavy (non-hydrogen) atoms. The molecule has 2 aliphatic rings. The Balaban J connectivity index is 1.43. The highest BCUT2D eigenvalue weighted by molar-refractivity contribution is 7.90. The number of hydrogen-bond donors (Lipinski definition) is 0. The van der Waals surface area contributed by atoms with Gasteiger partial charge in [0.2, 0.25) is 5.88 Å². The maximum absolute atomic E-state index is 11.4. The summed E-state index contributed by atoms with van der Waals surface area (Å²) in [7, 11) is -1.17. The molecule has 1 saturated carbocycles. The van der Waals surface area contributed by atoms with Crippen molar-refractivity contribution in [2.45, 2.75) is 61.9 Å². The van der Waals surface area contributed by atoms with Gasteiger partial charge in [0.05, 0.1) is 24.6 Å². The molecule has 0 amide bonds. The van der Waals surface area contributed by atoms with Gasteiger partial charge >= 0.3 is 0 Å². The lowest BCUT2D eigenvalue weighted by Gasteiger charge is -2.34. The molecule has 3 rings (SSSR count). The zero-order valence-corrected chi connectivity index (χ0v) is 15.7. The predicted molar refractivity (Wildman–Crippen MR) is 93.4 cm³/mol. The first kappa shape index (κ1) is 18.5. The van der Waals surface area contributed by atoms with E-state index < -0.39 is 9.84 Å². The Bertz CT molecular complexity index is 649. The van der Waals surface area contributed by atoms with Gasteiger partial charge in [0.25, 0.3) is 0 Å². The molecule has 7 nitrogen and oxygen atoms in total. The van der Waals surface area contributed by atoms with Crippen LogP contribution >= 0.6 is 0 Å². The van der Waals surface area contributed by atoms with Gasteiger partial charge in [-0.15, -0.1) is 0 Å². The van der Waals surface area contributed by atoms with Crippen LogP contribution in [0.15, 0.2) is 17.4 Å². The molecule has 1 aliphatic heterocycles. The summed E-state index contributed by atoms with van der Waals surface area (Å²) in [6, 6.07) is 0. The lowest BCUT2D eigenvalue weighted by molar-refractivity contribution is -0.0646. The van der Waals surface area contributed by atoms with Gasteiger partial charge < -0.3 is 14.4 Å². The fourth-order valence-corrected chi connectivity index (χ4v) is 3.90. The Hall–Kier alpha value is -1.25. The van der Waals surface area contributed by atoms with Crippen LogP contribution in [0.3, 0.4) is 0 Å². The Kier molecular flexibility index (Phi) is 5.91. The van der Waals surface area contributed by atoms with E-state index in [4.69, 9.17) is 9.47 Å². The molecule has 1 saturated heterocycles. The van der Waals surface area contributed by atoms with Gasteiger partial charge in [-0.25, -0.2) is 18.4 Å². The number of aromatic nitrogens is 2. The van der Waals surface area contributed by atoms with Crippen LogP contribution in [0.2, 0.25) is 0 Å². The van der Waals surface area contributed by atoms with E-state index in [9.17, 15) is 8.42 Å². The molecule has 0 atom stereocenters. The molecule has 1 aromatic heterocycles. The number of hydrogen-bond acceptors (Lipinski definition) is 7. The standard InChI is InChI=1S/C17H27N3O4S/c1-20-9-7-15(8-10-20)23-13-3-5-14(6-4-13)24-16-11-19-17(12-18-16)25(2,21)22/h11-15H,3-10H2,1-2H3/t13-,14-. The van der Waals surface area contributed by atoms with E-state index >= 15 is 0 Å². The van der Waals surface area contributed by atoms with Crippen molar-refractivity contribution in [3.63, 3.8) is 0 Å². The molecule has 2 heterocycles. The second-order valence-corrected chi connectivity index (χ2v) is 9.08. The zero-order valence-electron chi connectivity index (χ0n) is 14.9. The lowest BCUT2D eigenvalue weighted by atomic mass is 9.94. The SMILES string of the molecule is CN1CCC(O[C@H]2CC[C@H](Oc3cnc(S(C)(=O)=O)cn3)CC2)CC1. The number of sulfone groups is 1. The van der Waals surface area contributed by atoms with Crippen LogP contribution in [-0.2, 0) is 14.6 Å². The summed E-state index contributed by atoms with van der Waals surface area (Å²) >= 11 is 0. The van der Waals surface area contributed by atoms with Gasteiger partial charge in [0.1, 0.15) is 6.10 Å². The Morgan fingerprint density at radius 1 is 0.960 bits per heavy atom. The van der Waals surface area contributed by atoms with Crippen LogP contribution in [0.4, 0.5) is 0 Å². The van der Waals surface area contributed by atoms with Crippen LogP contribution < -0.4 is 4.74 Å². The van der Waals surface area contributed by atoms with Crippen LogP contribution in [-0.4, -0.2) is 68.0 Å². The van der Waals surface area contributed by atoms with E-state index in [2.05, 4.69) is 21.9 Å². The van der Waals surface area contributed by atoms with Crippen LogP contribution in [0.1, 0.15) is 38.5 Å². The molecule has 0 aromatic carbocycles. The first-order valence-electron chi connectivity index (χ1n) is 8.93. The van der Waals surface area contributed by atoms with Gasteiger partial charge in [-0.2, -0.15) is 0 Å². The normalized spacial score (nSPS) is 26.5. The average Bonchev–Trinajstić information content (AvgIpc) is 2.58. The number of piperidine rings is 1. The van der Waals surface area contributed by atoms with E-state index in [1.54, 1.807) is 0 Å². The fourth-order valence-electron chi connectivity index (χ4n) is 3.41. The van der Waals surface area contributed by atoms with E-state index in [1.165, 1.54) is 12.4 Å². The topological polar surface area (TPSA) is 81.6 Å². The average molecular weight is 369 g/mol. The minimum absolute atomic E-state index is 0.0323. The van der Waals surface area contributed by atoms with Crippen molar-refractivity contribution >= 4 is 9.84 Å². The van der Waals surface area contributed by atoms with Crippen molar-refractivity contribution in [2.75, 3.05) is 26.4 Å². The molecule has 0 unspecified atom stereocenters. The molecular weight excluding hydrogens is 342 g/mol. The summed E-state index contributed by atoms with van der Waals surface area (Å²) in [6.45, 7) is 2.23. The van der Waals surface area contributed by atoms with Crippen LogP contribution in [0.25, 0.3) is 0 Å². The van der Waals surface area contributed by atoms with E-state index in [-0.39, 0.29) is 11.1 Å². The Morgan fingerprint density at radius 2 is 1.56 bits per heavy atom. The molecular formula is C17H27N3O4S. The van der Waals surface area contributed by atoms with Crippen molar-refractivity contribution in [3.8, 4) is 5.88 Å². The predicted octanol–water partition coefficient (Wildman–Crippen LogP) is 1.68. The van der Waals surface area contributed by atoms with Gasteiger partial charge in [0, 0.05) is 19.3 Å². The quantitative estimate of drug-likeness (QED) is 0.781. The number of rotatable bonds is 5. The summed E-state index contributed by atoms with van der Waals surface area (Å²) in [5.41, 5.74) is 0. The summed E-state index contributed by atoms with van der Waals surface area (Å²) in [6.07, 6.45) is 10.6. The van der Waals surface area contributed by atoms with Gasteiger partial charge in [-0.1, -0.05) is 0 Å². The molecule has 140 valence electrons. The number of ether oxygens (including phenoxy) is 2. The third-order valence-electron chi connectivity index (χ3n) is 4.94. The van der Waals surface area contributed by atoms with E-state index in [1.807, 2.05) is 0 Å². The number of likely N-dealkylation sites (tertiary alicyclic amines) is 1. The van der Waals surface area contributed by atoms with Crippen molar-refractivity contribution in [3.05, 3.63) is 12.4 Å². The highest BCUT2D eigenvalue weighted by atomic mass is 32.2. The smallest absolute Gasteiger partial charge is 0.232 e. The molecule has 0 N–H and O–H groups in total. The molecule has 1 aliphatic carbocycles. The Morgan fingerprint density at radius 3 is 2.12 bits per heavy atom. The first-order chi connectivity index (χ1) is 11.9. The van der Waals surface area contributed by atoms with Gasteiger partial charge in [-0.3, -0.25) is 0 Å². The monoisotopic (exact) mass is 369 g/mol. The van der Waals surface area contributed by atoms with Gasteiger partial charge in [0.15, 0.2) is 14.9 Å². The molecule has 2 fully saturated rings. The van der Waals surface area contributed by atoms with E-state index in [0.717, 1.165) is 57.9 Å². The zero-order chi connectivity index (χ0) is 17.9. The first-order valence-corrected chi connectivity index (χ1v) is 10.8. The number of nitrogens with zero attached hydrogens (tertiary/aromatic N) is 3. The largest absolute Gasteiger partial charge is 0.473 e. The highest BCUT2D eigenvalue weighted by Gasteiger charge is 2.27. The summed E-state index contributed by atoms with van der Waals surface area (Å²) in [4.78, 5) is 10.3. The molecule has 0 spiro atoms. The molecule has 0 bridgehead atoms.